The van der Waals surface area contributed by atoms with Crippen LogP contribution in [0.4, 0.5) is 0 Å². The molecule has 5 heteroatoms. The fourth-order valence-corrected chi connectivity index (χ4v) is 2.09. The molecule has 0 spiro atoms. The molecule has 0 atom stereocenters. The van der Waals surface area contributed by atoms with Crippen molar-refractivity contribution in [2.45, 2.75) is 18.0 Å². The molecule has 0 aromatic carbocycles. The van der Waals surface area contributed by atoms with E-state index in [1.807, 2.05) is 24.7 Å². The highest BCUT2D eigenvalue weighted by Crippen LogP contribution is 2.17. The van der Waals surface area contributed by atoms with Gasteiger partial charge in [-0.2, -0.15) is 0 Å². The van der Waals surface area contributed by atoms with Gasteiger partial charge in [-0.1, -0.05) is 11.8 Å². The molecule has 1 heterocycles. The Morgan fingerprint density at radius 2 is 2.43 bits per heavy atom. The first-order valence-corrected chi connectivity index (χ1v) is 6.08. The van der Waals surface area contributed by atoms with Crippen LogP contribution in [0.2, 0.25) is 0 Å². The van der Waals surface area contributed by atoms with Crippen molar-refractivity contribution >= 4 is 23.4 Å². The zero-order chi connectivity index (χ0) is 10.4. The van der Waals surface area contributed by atoms with Gasteiger partial charge in [-0.15, -0.1) is 11.6 Å². The largest absolute Gasteiger partial charge is 0.381 e. The van der Waals surface area contributed by atoms with Crippen LogP contribution in [0, 0.1) is 0 Å². The van der Waals surface area contributed by atoms with Crippen LogP contribution in [0.5, 0.6) is 0 Å². The minimum Gasteiger partial charge on any atom is -0.381 e. The SMILES string of the molecule is CCOCCSc1ncc(CCl)n1C. The van der Waals surface area contributed by atoms with E-state index < -0.39 is 0 Å². The molecule has 0 saturated carbocycles. The average Bonchev–Trinajstić information content (AvgIpc) is 2.55. The van der Waals surface area contributed by atoms with Crippen molar-refractivity contribution < 1.29 is 4.74 Å². The lowest BCUT2D eigenvalue weighted by atomic mass is 10.5. The first kappa shape index (κ1) is 11.9. The minimum absolute atomic E-state index is 0.509. The van der Waals surface area contributed by atoms with E-state index in [2.05, 4.69) is 4.98 Å². The molecule has 0 aliphatic rings. The lowest BCUT2D eigenvalue weighted by Gasteiger charge is -2.03. The number of rotatable bonds is 6. The molecular weight excluding hydrogens is 220 g/mol. The standard InChI is InChI=1S/C9H15ClN2OS/c1-3-13-4-5-14-9-11-7-8(6-10)12(9)2/h7H,3-6H2,1-2H3. The Bertz CT molecular complexity index is 278. The summed E-state index contributed by atoms with van der Waals surface area (Å²) in [6, 6.07) is 0. The normalized spacial score (nSPS) is 10.8. The smallest absolute Gasteiger partial charge is 0.168 e. The van der Waals surface area contributed by atoms with Crippen molar-refractivity contribution in [3.63, 3.8) is 0 Å². The van der Waals surface area contributed by atoms with Gasteiger partial charge in [-0.25, -0.2) is 4.98 Å². The maximum Gasteiger partial charge on any atom is 0.168 e. The molecule has 1 aromatic heterocycles. The Kier molecular flexibility index (Phi) is 5.37. The third-order valence-electron chi connectivity index (χ3n) is 1.84. The van der Waals surface area contributed by atoms with Crippen molar-refractivity contribution in [2.75, 3.05) is 19.0 Å². The highest BCUT2D eigenvalue weighted by molar-refractivity contribution is 7.99. The Morgan fingerprint density at radius 1 is 1.64 bits per heavy atom. The van der Waals surface area contributed by atoms with Gasteiger partial charge in [0.25, 0.3) is 0 Å². The minimum atomic E-state index is 0.509. The molecular formula is C9H15ClN2OS. The summed E-state index contributed by atoms with van der Waals surface area (Å²) >= 11 is 7.43. The van der Waals surface area contributed by atoms with E-state index >= 15 is 0 Å². The fourth-order valence-electron chi connectivity index (χ4n) is 1.02. The van der Waals surface area contributed by atoms with E-state index in [9.17, 15) is 0 Å². The summed E-state index contributed by atoms with van der Waals surface area (Å²) in [5.41, 5.74) is 1.05. The van der Waals surface area contributed by atoms with Gasteiger partial charge >= 0.3 is 0 Å². The van der Waals surface area contributed by atoms with Gasteiger partial charge in [0, 0.05) is 19.4 Å². The Labute approximate surface area is 93.8 Å². The maximum absolute atomic E-state index is 5.73. The van der Waals surface area contributed by atoms with E-state index in [-0.39, 0.29) is 0 Å². The van der Waals surface area contributed by atoms with Gasteiger partial charge in [0.05, 0.1) is 24.4 Å². The maximum atomic E-state index is 5.73. The van der Waals surface area contributed by atoms with Crippen molar-refractivity contribution in [2.24, 2.45) is 7.05 Å². The van der Waals surface area contributed by atoms with Gasteiger partial charge in [0.2, 0.25) is 0 Å². The molecule has 0 amide bonds. The number of halogens is 1. The van der Waals surface area contributed by atoms with E-state index in [0.29, 0.717) is 5.88 Å². The van der Waals surface area contributed by atoms with Gasteiger partial charge in [0.15, 0.2) is 5.16 Å². The molecule has 0 unspecified atom stereocenters. The van der Waals surface area contributed by atoms with E-state index in [0.717, 1.165) is 29.8 Å². The monoisotopic (exact) mass is 234 g/mol. The van der Waals surface area contributed by atoms with Crippen LogP contribution in [0.25, 0.3) is 0 Å². The Hall–Kier alpha value is -0.190. The molecule has 1 rings (SSSR count). The number of hydrogen-bond acceptors (Lipinski definition) is 3. The molecule has 14 heavy (non-hydrogen) atoms. The molecule has 80 valence electrons. The highest BCUT2D eigenvalue weighted by atomic mass is 35.5. The predicted molar refractivity (Wildman–Crippen MR) is 60.0 cm³/mol. The van der Waals surface area contributed by atoms with E-state index in [1.54, 1.807) is 11.8 Å². The molecule has 0 aliphatic carbocycles. The van der Waals surface area contributed by atoms with Crippen LogP contribution in [0.15, 0.2) is 11.4 Å². The summed E-state index contributed by atoms with van der Waals surface area (Å²) in [5, 5.41) is 1.00. The lowest BCUT2D eigenvalue weighted by molar-refractivity contribution is 0.164. The van der Waals surface area contributed by atoms with Gasteiger partial charge < -0.3 is 9.30 Å². The molecule has 0 radical (unpaired) electrons. The lowest BCUT2D eigenvalue weighted by Crippen LogP contribution is -1.99. The summed E-state index contributed by atoms with van der Waals surface area (Å²) < 4.78 is 7.26. The van der Waals surface area contributed by atoms with Gasteiger partial charge in [-0.05, 0) is 6.92 Å². The van der Waals surface area contributed by atoms with Crippen molar-refractivity contribution in [3.8, 4) is 0 Å². The second kappa shape index (κ2) is 6.32. The van der Waals surface area contributed by atoms with Crippen molar-refractivity contribution in [3.05, 3.63) is 11.9 Å². The summed E-state index contributed by atoms with van der Waals surface area (Å²) in [6.07, 6.45) is 1.82. The molecule has 0 bridgehead atoms. The molecule has 3 nitrogen and oxygen atoms in total. The molecule has 0 N–H and O–H groups in total. The third-order valence-corrected chi connectivity index (χ3v) is 3.12. The Morgan fingerprint density at radius 3 is 3.00 bits per heavy atom. The van der Waals surface area contributed by atoms with Crippen LogP contribution in [0.1, 0.15) is 12.6 Å². The van der Waals surface area contributed by atoms with Crippen LogP contribution >= 0.6 is 23.4 Å². The van der Waals surface area contributed by atoms with Crippen LogP contribution in [0.3, 0.4) is 0 Å². The Balaban J connectivity index is 2.39. The van der Waals surface area contributed by atoms with E-state index in [1.165, 1.54) is 0 Å². The van der Waals surface area contributed by atoms with Crippen molar-refractivity contribution in [1.29, 1.82) is 0 Å². The number of hydrogen-bond donors (Lipinski definition) is 0. The highest BCUT2D eigenvalue weighted by Gasteiger charge is 2.05. The van der Waals surface area contributed by atoms with Gasteiger partial charge in [0.1, 0.15) is 0 Å². The van der Waals surface area contributed by atoms with Crippen LogP contribution in [-0.2, 0) is 17.7 Å². The number of imidazole rings is 1. The van der Waals surface area contributed by atoms with Gasteiger partial charge in [-0.3, -0.25) is 0 Å². The molecule has 1 aromatic rings. The second-order valence-corrected chi connectivity index (χ2v) is 4.10. The summed E-state index contributed by atoms with van der Waals surface area (Å²) in [5.74, 6) is 1.44. The third kappa shape index (κ3) is 3.19. The van der Waals surface area contributed by atoms with Crippen LogP contribution < -0.4 is 0 Å². The number of aromatic nitrogens is 2. The summed E-state index contributed by atoms with van der Waals surface area (Å²) in [4.78, 5) is 4.27. The first-order chi connectivity index (χ1) is 6.79. The summed E-state index contributed by atoms with van der Waals surface area (Å²) in [7, 11) is 1.98. The quantitative estimate of drug-likeness (QED) is 0.429. The predicted octanol–water partition coefficient (Wildman–Crippen LogP) is 2.29. The molecule has 0 saturated heterocycles. The fraction of sp³-hybridized carbons (Fsp3) is 0.667. The second-order valence-electron chi connectivity index (χ2n) is 2.77. The van der Waals surface area contributed by atoms with Crippen molar-refractivity contribution in [1.82, 2.24) is 9.55 Å². The number of ether oxygens (including phenoxy) is 1. The molecule has 0 aliphatic heterocycles. The van der Waals surface area contributed by atoms with Crippen LogP contribution in [-0.4, -0.2) is 28.5 Å². The number of alkyl halides is 1. The number of thioether (sulfide) groups is 1. The zero-order valence-corrected chi connectivity index (χ0v) is 10.1. The first-order valence-electron chi connectivity index (χ1n) is 4.56. The summed E-state index contributed by atoms with van der Waals surface area (Å²) in [6.45, 7) is 3.54. The zero-order valence-electron chi connectivity index (χ0n) is 8.49. The van der Waals surface area contributed by atoms with E-state index in [4.69, 9.17) is 16.3 Å². The average molecular weight is 235 g/mol. The number of nitrogens with zero attached hydrogens (tertiary/aromatic N) is 2. The molecule has 0 fully saturated rings. The topological polar surface area (TPSA) is 27.1 Å².